The SMILES string of the molecule is CCCC(C)(NC(=O)c1ccc(OC)c(S(=O)(=O)N2CCCC2)c1)C(=O)O. The standard InChI is InChI=1S/C18H26N2O6S/c1-4-9-18(2,17(22)23)19-16(21)13-7-8-14(26-3)15(12-13)27(24,25)20-10-5-6-11-20/h7-8,12H,4-6,9-11H2,1-3H3,(H,19,21)(H,22,23). The van der Waals surface area contributed by atoms with Crippen LogP contribution < -0.4 is 10.1 Å². The lowest BCUT2D eigenvalue weighted by molar-refractivity contribution is -0.144. The van der Waals surface area contributed by atoms with Crippen LogP contribution in [0.15, 0.2) is 23.1 Å². The van der Waals surface area contributed by atoms with Crippen molar-refractivity contribution in [2.75, 3.05) is 20.2 Å². The summed E-state index contributed by atoms with van der Waals surface area (Å²) in [6.07, 6.45) is 2.40. The number of benzene rings is 1. The molecule has 0 spiro atoms. The molecule has 0 aromatic heterocycles. The van der Waals surface area contributed by atoms with Crippen molar-refractivity contribution >= 4 is 21.9 Å². The Balaban J connectivity index is 2.39. The van der Waals surface area contributed by atoms with Crippen LogP contribution in [0.1, 0.15) is 49.9 Å². The predicted octanol–water partition coefficient (Wildman–Crippen LogP) is 1.85. The number of carboxylic acid groups (broad SMARTS) is 1. The molecular formula is C18H26N2O6S. The van der Waals surface area contributed by atoms with E-state index in [1.165, 1.54) is 36.5 Å². The fourth-order valence-corrected chi connectivity index (χ4v) is 4.83. The maximum absolute atomic E-state index is 12.9. The van der Waals surface area contributed by atoms with Crippen LogP contribution in [0.3, 0.4) is 0 Å². The van der Waals surface area contributed by atoms with Crippen LogP contribution in [0.25, 0.3) is 0 Å². The van der Waals surface area contributed by atoms with Crippen molar-refractivity contribution in [1.82, 2.24) is 9.62 Å². The van der Waals surface area contributed by atoms with Gasteiger partial charge in [0.15, 0.2) is 0 Å². The third kappa shape index (κ3) is 4.41. The summed E-state index contributed by atoms with van der Waals surface area (Å²) in [5.74, 6) is -1.64. The molecule has 0 radical (unpaired) electrons. The molecule has 1 saturated heterocycles. The highest BCUT2D eigenvalue weighted by Crippen LogP contribution is 2.30. The summed E-state index contributed by atoms with van der Waals surface area (Å²) in [5.41, 5.74) is -1.36. The normalized spacial score (nSPS) is 17.3. The quantitative estimate of drug-likeness (QED) is 0.691. The van der Waals surface area contributed by atoms with Crippen LogP contribution in [0.4, 0.5) is 0 Å². The lowest BCUT2D eigenvalue weighted by Crippen LogP contribution is -2.52. The third-order valence-corrected chi connectivity index (χ3v) is 6.64. The zero-order valence-electron chi connectivity index (χ0n) is 15.8. The van der Waals surface area contributed by atoms with Gasteiger partial charge in [-0.2, -0.15) is 4.31 Å². The number of nitrogens with one attached hydrogen (secondary N) is 1. The van der Waals surface area contributed by atoms with Crippen LogP contribution in [0.5, 0.6) is 5.75 Å². The number of amides is 1. The Hall–Kier alpha value is -2.13. The first kappa shape index (κ1) is 21.2. The molecule has 1 atom stereocenters. The van der Waals surface area contributed by atoms with Gasteiger partial charge in [-0.1, -0.05) is 13.3 Å². The van der Waals surface area contributed by atoms with E-state index in [4.69, 9.17) is 4.74 Å². The highest BCUT2D eigenvalue weighted by molar-refractivity contribution is 7.89. The van der Waals surface area contributed by atoms with E-state index >= 15 is 0 Å². The number of methoxy groups -OCH3 is 1. The zero-order chi connectivity index (χ0) is 20.2. The largest absolute Gasteiger partial charge is 0.495 e. The Morgan fingerprint density at radius 3 is 2.44 bits per heavy atom. The lowest BCUT2D eigenvalue weighted by atomic mass is 9.95. The van der Waals surface area contributed by atoms with Gasteiger partial charge in [-0.15, -0.1) is 0 Å². The molecule has 1 amide bonds. The molecule has 1 unspecified atom stereocenters. The van der Waals surface area contributed by atoms with Crippen molar-refractivity contribution in [2.24, 2.45) is 0 Å². The van der Waals surface area contributed by atoms with Gasteiger partial charge in [0.25, 0.3) is 5.91 Å². The van der Waals surface area contributed by atoms with E-state index in [1.807, 2.05) is 6.92 Å². The average Bonchev–Trinajstić information content (AvgIpc) is 3.16. The summed E-state index contributed by atoms with van der Waals surface area (Å²) in [6, 6.07) is 4.08. The van der Waals surface area contributed by atoms with Crippen LogP contribution in [-0.2, 0) is 14.8 Å². The Labute approximate surface area is 159 Å². The fraction of sp³-hybridized carbons (Fsp3) is 0.556. The van der Waals surface area contributed by atoms with Gasteiger partial charge in [0.1, 0.15) is 16.2 Å². The van der Waals surface area contributed by atoms with Gasteiger partial charge in [-0.3, -0.25) is 4.79 Å². The molecule has 8 nitrogen and oxygen atoms in total. The number of rotatable bonds is 8. The number of sulfonamides is 1. The molecule has 0 aliphatic carbocycles. The molecule has 27 heavy (non-hydrogen) atoms. The first-order valence-corrected chi connectivity index (χ1v) is 10.3. The summed E-state index contributed by atoms with van der Waals surface area (Å²) in [5, 5.41) is 11.9. The molecule has 1 fully saturated rings. The van der Waals surface area contributed by atoms with Gasteiger partial charge in [-0.25, -0.2) is 13.2 Å². The third-order valence-electron chi connectivity index (χ3n) is 4.72. The van der Waals surface area contributed by atoms with Crippen molar-refractivity contribution < 1.29 is 27.9 Å². The molecular weight excluding hydrogens is 372 g/mol. The zero-order valence-corrected chi connectivity index (χ0v) is 16.6. The van der Waals surface area contributed by atoms with E-state index in [0.29, 0.717) is 19.5 Å². The average molecular weight is 398 g/mol. The number of ether oxygens (including phenoxy) is 1. The monoisotopic (exact) mass is 398 g/mol. The first-order valence-electron chi connectivity index (χ1n) is 8.90. The minimum Gasteiger partial charge on any atom is -0.495 e. The fourth-order valence-electron chi connectivity index (χ4n) is 3.13. The van der Waals surface area contributed by atoms with Gasteiger partial charge < -0.3 is 15.2 Å². The van der Waals surface area contributed by atoms with E-state index in [2.05, 4.69) is 5.32 Å². The molecule has 0 saturated carbocycles. The highest BCUT2D eigenvalue weighted by Gasteiger charge is 2.35. The van der Waals surface area contributed by atoms with E-state index in [9.17, 15) is 23.1 Å². The van der Waals surface area contributed by atoms with Crippen molar-refractivity contribution in [3.63, 3.8) is 0 Å². The minimum absolute atomic E-state index is 0.0668. The molecule has 150 valence electrons. The number of aliphatic carboxylic acids is 1. The van der Waals surface area contributed by atoms with Gasteiger partial charge in [0.05, 0.1) is 7.11 Å². The van der Waals surface area contributed by atoms with Crippen LogP contribution in [-0.4, -0.2) is 55.4 Å². The van der Waals surface area contributed by atoms with Crippen LogP contribution >= 0.6 is 0 Å². The lowest BCUT2D eigenvalue weighted by Gasteiger charge is -2.26. The van der Waals surface area contributed by atoms with Gasteiger partial charge >= 0.3 is 5.97 Å². The number of carbonyl (C=O) groups is 2. The maximum atomic E-state index is 12.9. The van der Waals surface area contributed by atoms with Crippen molar-refractivity contribution in [3.05, 3.63) is 23.8 Å². The Morgan fingerprint density at radius 2 is 1.93 bits per heavy atom. The highest BCUT2D eigenvalue weighted by atomic mass is 32.2. The minimum atomic E-state index is -3.80. The summed E-state index contributed by atoms with van der Waals surface area (Å²) in [4.78, 5) is 24.1. The van der Waals surface area contributed by atoms with Crippen LogP contribution in [0.2, 0.25) is 0 Å². The Morgan fingerprint density at radius 1 is 1.30 bits per heavy atom. The smallest absolute Gasteiger partial charge is 0.329 e. The predicted molar refractivity (Wildman–Crippen MR) is 99.4 cm³/mol. The second-order valence-electron chi connectivity index (χ2n) is 6.82. The molecule has 2 N–H and O–H groups in total. The second-order valence-corrected chi connectivity index (χ2v) is 8.72. The molecule has 0 bridgehead atoms. The summed E-state index contributed by atoms with van der Waals surface area (Å²) < 4.78 is 32.3. The van der Waals surface area contributed by atoms with E-state index in [0.717, 1.165) is 12.8 Å². The molecule has 1 aromatic carbocycles. The maximum Gasteiger partial charge on any atom is 0.329 e. The van der Waals surface area contributed by atoms with Gasteiger partial charge in [-0.05, 0) is 44.4 Å². The van der Waals surface area contributed by atoms with Crippen LogP contribution in [0, 0.1) is 0 Å². The molecule has 1 heterocycles. The number of hydrogen-bond acceptors (Lipinski definition) is 5. The van der Waals surface area contributed by atoms with Crippen molar-refractivity contribution in [1.29, 1.82) is 0 Å². The van der Waals surface area contributed by atoms with Crippen molar-refractivity contribution in [3.8, 4) is 5.75 Å². The number of carboxylic acids is 1. The Kier molecular flexibility index (Phi) is 6.48. The van der Waals surface area contributed by atoms with E-state index < -0.39 is 27.4 Å². The Bertz CT molecular complexity index is 817. The first-order chi connectivity index (χ1) is 12.7. The second kappa shape index (κ2) is 8.26. The number of hydrogen-bond donors (Lipinski definition) is 2. The van der Waals surface area contributed by atoms with E-state index in [-0.39, 0.29) is 22.6 Å². The number of carbonyl (C=O) groups excluding carboxylic acids is 1. The topological polar surface area (TPSA) is 113 Å². The van der Waals surface area contributed by atoms with Crippen molar-refractivity contribution in [2.45, 2.75) is 50.0 Å². The molecule has 1 aromatic rings. The molecule has 9 heteroatoms. The van der Waals surface area contributed by atoms with Gasteiger partial charge in [0, 0.05) is 18.7 Å². The molecule has 1 aliphatic heterocycles. The van der Waals surface area contributed by atoms with Gasteiger partial charge in [0.2, 0.25) is 10.0 Å². The molecule has 1 aliphatic rings. The molecule has 2 rings (SSSR count). The number of nitrogens with zero attached hydrogens (tertiary/aromatic N) is 1. The summed E-state index contributed by atoms with van der Waals surface area (Å²) in [6.45, 7) is 4.11. The summed E-state index contributed by atoms with van der Waals surface area (Å²) >= 11 is 0. The van der Waals surface area contributed by atoms with E-state index in [1.54, 1.807) is 0 Å². The summed E-state index contributed by atoms with van der Waals surface area (Å²) in [7, 11) is -2.43.